The van der Waals surface area contributed by atoms with Crippen LogP contribution in [0.4, 0.5) is 4.79 Å². The number of rotatable bonds is 7. The normalized spacial score (nSPS) is 22.3. The Kier molecular flexibility index (Phi) is 5.74. The smallest absolute Gasteiger partial charge is 0.317 e. The Morgan fingerprint density at radius 3 is 2.79 bits per heavy atom. The Morgan fingerprint density at radius 2 is 2.08 bits per heavy atom. The number of benzene rings is 1. The first kappa shape index (κ1) is 17.2. The zero-order valence-corrected chi connectivity index (χ0v) is 14.5. The van der Waals surface area contributed by atoms with E-state index in [-0.39, 0.29) is 12.1 Å². The van der Waals surface area contributed by atoms with Crippen LogP contribution in [0.3, 0.4) is 0 Å². The van der Waals surface area contributed by atoms with Crippen molar-refractivity contribution in [3.8, 4) is 0 Å². The molecule has 0 aromatic heterocycles. The van der Waals surface area contributed by atoms with E-state index in [1.165, 1.54) is 12.0 Å². The van der Waals surface area contributed by atoms with Gasteiger partial charge in [-0.3, -0.25) is 4.90 Å². The summed E-state index contributed by atoms with van der Waals surface area (Å²) in [6.45, 7) is 3.13. The molecule has 5 nitrogen and oxygen atoms in total. The molecule has 1 saturated heterocycles. The molecular formula is C19H29N3O2. The fourth-order valence-corrected chi connectivity index (χ4v) is 3.49. The van der Waals surface area contributed by atoms with E-state index in [1.54, 1.807) is 11.9 Å². The summed E-state index contributed by atoms with van der Waals surface area (Å²) in [5, 5.41) is 13.0. The number of amides is 2. The number of nitrogens with one attached hydrogen (secondary N) is 1. The Bertz CT molecular complexity index is 533. The molecule has 132 valence electrons. The minimum Gasteiger partial charge on any atom is -0.391 e. The van der Waals surface area contributed by atoms with Crippen LogP contribution in [0.15, 0.2) is 30.3 Å². The lowest BCUT2D eigenvalue weighted by molar-refractivity contribution is 0.112. The molecule has 2 amide bonds. The van der Waals surface area contributed by atoms with E-state index >= 15 is 0 Å². The molecule has 2 atom stereocenters. The molecule has 2 unspecified atom stereocenters. The number of carbonyl (C=O) groups is 1. The molecule has 1 aromatic rings. The third kappa shape index (κ3) is 4.71. The zero-order chi connectivity index (χ0) is 16.9. The molecule has 0 spiro atoms. The molecule has 1 saturated carbocycles. The molecule has 5 heteroatoms. The van der Waals surface area contributed by atoms with Crippen LogP contribution in [0.1, 0.15) is 31.2 Å². The Hall–Kier alpha value is -1.59. The maximum absolute atomic E-state index is 12.2. The SMILES string of the molecule is CN(CC(O)C1CC1)C(=O)NCC1CCCN1Cc1ccccc1. The first-order chi connectivity index (χ1) is 11.6. The highest BCUT2D eigenvalue weighted by Gasteiger charge is 2.31. The first-order valence-corrected chi connectivity index (χ1v) is 9.08. The summed E-state index contributed by atoms with van der Waals surface area (Å²) < 4.78 is 0. The van der Waals surface area contributed by atoms with Gasteiger partial charge in [0.25, 0.3) is 0 Å². The quantitative estimate of drug-likeness (QED) is 0.804. The number of hydrogen-bond acceptors (Lipinski definition) is 3. The van der Waals surface area contributed by atoms with Crippen LogP contribution in [0.25, 0.3) is 0 Å². The molecule has 2 aliphatic rings. The lowest BCUT2D eigenvalue weighted by Crippen LogP contribution is -2.46. The van der Waals surface area contributed by atoms with E-state index in [1.807, 2.05) is 6.07 Å². The van der Waals surface area contributed by atoms with Gasteiger partial charge in [-0.25, -0.2) is 4.79 Å². The van der Waals surface area contributed by atoms with Crippen LogP contribution in [0.5, 0.6) is 0 Å². The summed E-state index contributed by atoms with van der Waals surface area (Å²) in [7, 11) is 1.76. The predicted molar refractivity (Wildman–Crippen MR) is 94.6 cm³/mol. The molecule has 2 N–H and O–H groups in total. The minimum atomic E-state index is -0.373. The number of aliphatic hydroxyl groups excluding tert-OH is 1. The van der Waals surface area contributed by atoms with Gasteiger partial charge in [-0.05, 0) is 43.7 Å². The highest BCUT2D eigenvalue weighted by molar-refractivity contribution is 5.73. The molecule has 1 aliphatic carbocycles. The fourth-order valence-electron chi connectivity index (χ4n) is 3.49. The molecule has 2 fully saturated rings. The minimum absolute atomic E-state index is 0.0822. The Labute approximate surface area is 144 Å². The van der Waals surface area contributed by atoms with Gasteiger partial charge < -0.3 is 15.3 Å². The van der Waals surface area contributed by atoms with Crippen molar-refractivity contribution in [3.63, 3.8) is 0 Å². The molecule has 0 bridgehead atoms. The van der Waals surface area contributed by atoms with Crippen molar-refractivity contribution in [2.24, 2.45) is 5.92 Å². The second-order valence-corrected chi connectivity index (χ2v) is 7.22. The topological polar surface area (TPSA) is 55.8 Å². The fraction of sp³-hybridized carbons (Fsp3) is 0.632. The van der Waals surface area contributed by atoms with E-state index in [9.17, 15) is 9.90 Å². The van der Waals surface area contributed by atoms with Gasteiger partial charge >= 0.3 is 6.03 Å². The Balaban J connectivity index is 1.43. The highest BCUT2D eigenvalue weighted by atomic mass is 16.3. The van der Waals surface area contributed by atoms with E-state index in [0.29, 0.717) is 25.0 Å². The monoisotopic (exact) mass is 331 g/mol. The summed E-state index contributed by atoms with van der Waals surface area (Å²) in [6, 6.07) is 10.8. The van der Waals surface area contributed by atoms with Gasteiger partial charge in [0.05, 0.1) is 6.10 Å². The van der Waals surface area contributed by atoms with Crippen LogP contribution in [-0.2, 0) is 6.54 Å². The molecule has 3 rings (SSSR count). The molecule has 0 radical (unpaired) electrons. The van der Waals surface area contributed by atoms with Crippen LogP contribution in [-0.4, -0.2) is 59.8 Å². The molecule has 1 aliphatic heterocycles. The van der Waals surface area contributed by atoms with Crippen molar-refractivity contribution in [1.29, 1.82) is 0 Å². The summed E-state index contributed by atoms with van der Waals surface area (Å²) >= 11 is 0. The molecule has 24 heavy (non-hydrogen) atoms. The first-order valence-electron chi connectivity index (χ1n) is 9.08. The third-order valence-electron chi connectivity index (χ3n) is 5.19. The van der Waals surface area contributed by atoms with Gasteiger partial charge in [-0.1, -0.05) is 30.3 Å². The van der Waals surface area contributed by atoms with Crippen LogP contribution < -0.4 is 5.32 Å². The molecule has 1 aromatic carbocycles. The van der Waals surface area contributed by atoms with Gasteiger partial charge in [0.2, 0.25) is 0 Å². The lowest BCUT2D eigenvalue weighted by atomic mass is 10.2. The van der Waals surface area contributed by atoms with E-state index in [0.717, 1.165) is 32.4 Å². The van der Waals surface area contributed by atoms with Crippen LogP contribution >= 0.6 is 0 Å². The van der Waals surface area contributed by atoms with Crippen LogP contribution in [0, 0.1) is 5.92 Å². The van der Waals surface area contributed by atoms with Crippen molar-refractivity contribution in [2.45, 2.75) is 44.4 Å². The average Bonchev–Trinajstić information content (AvgIpc) is 3.35. The largest absolute Gasteiger partial charge is 0.391 e. The number of aliphatic hydroxyl groups is 1. The number of carbonyl (C=O) groups excluding carboxylic acids is 1. The zero-order valence-electron chi connectivity index (χ0n) is 14.5. The number of likely N-dealkylation sites (tertiary alicyclic amines) is 1. The van der Waals surface area contributed by atoms with E-state index in [4.69, 9.17) is 0 Å². The number of hydrogen-bond donors (Lipinski definition) is 2. The van der Waals surface area contributed by atoms with Crippen molar-refractivity contribution in [1.82, 2.24) is 15.1 Å². The summed E-state index contributed by atoms with van der Waals surface area (Å²) in [5.41, 5.74) is 1.32. The second kappa shape index (κ2) is 7.99. The second-order valence-electron chi connectivity index (χ2n) is 7.22. The molecule has 1 heterocycles. The summed E-state index contributed by atoms with van der Waals surface area (Å²) in [4.78, 5) is 16.3. The van der Waals surface area contributed by atoms with Crippen molar-refractivity contribution in [2.75, 3.05) is 26.7 Å². The van der Waals surface area contributed by atoms with Gasteiger partial charge in [0.15, 0.2) is 0 Å². The van der Waals surface area contributed by atoms with Crippen molar-refractivity contribution >= 4 is 6.03 Å². The van der Waals surface area contributed by atoms with Crippen molar-refractivity contribution < 1.29 is 9.90 Å². The third-order valence-corrected chi connectivity index (χ3v) is 5.19. The highest BCUT2D eigenvalue weighted by Crippen LogP contribution is 2.32. The average molecular weight is 331 g/mol. The number of likely N-dealkylation sites (N-methyl/N-ethyl adjacent to an activating group) is 1. The maximum Gasteiger partial charge on any atom is 0.317 e. The number of urea groups is 1. The maximum atomic E-state index is 12.2. The van der Waals surface area contributed by atoms with E-state index < -0.39 is 0 Å². The van der Waals surface area contributed by atoms with Gasteiger partial charge in [0.1, 0.15) is 0 Å². The molecular weight excluding hydrogens is 302 g/mol. The van der Waals surface area contributed by atoms with Gasteiger partial charge in [-0.2, -0.15) is 0 Å². The standard InChI is InChI=1S/C19H29N3O2/c1-21(14-18(23)16-9-10-16)19(24)20-12-17-8-5-11-22(17)13-15-6-3-2-4-7-15/h2-4,6-7,16-18,23H,5,8-14H2,1H3,(H,20,24). The Morgan fingerprint density at radius 1 is 1.33 bits per heavy atom. The predicted octanol–water partition coefficient (Wildman–Crippen LogP) is 2.06. The lowest BCUT2D eigenvalue weighted by Gasteiger charge is -2.26. The van der Waals surface area contributed by atoms with Gasteiger partial charge in [-0.15, -0.1) is 0 Å². The summed E-state index contributed by atoms with van der Waals surface area (Å²) in [6.07, 6.45) is 4.12. The van der Waals surface area contributed by atoms with Crippen molar-refractivity contribution in [3.05, 3.63) is 35.9 Å². The summed E-state index contributed by atoms with van der Waals surface area (Å²) in [5.74, 6) is 0.399. The van der Waals surface area contributed by atoms with Gasteiger partial charge in [0, 0.05) is 32.7 Å². The van der Waals surface area contributed by atoms with E-state index in [2.05, 4.69) is 34.5 Å². The van der Waals surface area contributed by atoms with Crippen LogP contribution in [0.2, 0.25) is 0 Å². The number of nitrogens with zero attached hydrogens (tertiary/aromatic N) is 2.